The van der Waals surface area contributed by atoms with Gasteiger partial charge in [-0.1, -0.05) is 19.9 Å². The molecule has 4 N–H and O–H groups in total. The zero-order chi connectivity index (χ0) is 24.2. The molecule has 3 atom stereocenters. The monoisotopic (exact) mass is 467 g/mol. The van der Waals surface area contributed by atoms with Gasteiger partial charge in [-0.15, -0.1) is 6.58 Å². The average Bonchev–Trinajstić information content (AvgIpc) is 2.67. The van der Waals surface area contributed by atoms with Crippen LogP contribution in [-0.4, -0.2) is 58.1 Å². The van der Waals surface area contributed by atoms with E-state index in [0.29, 0.717) is 5.56 Å². The van der Waals surface area contributed by atoms with E-state index in [-0.39, 0.29) is 29.3 Å². The number of aliphatic hydroxyl groups excluding tert-OH is 2. The Morgan fingerprint density at radius 1 is 1.22 bits per heavy atom. The number of anilines is 1. The lowest BCUT2D eigenvalue weighted by Crippen LogP contribution is -2.31. The van der Waals surface area contributed by atoms with Crippen molar-refractivity contribution in [1.82, 2.24) is 9.97 Å². The number of halogens is 1. The Bertz CT molecular complexity index is 1090. The number of benzene rings is 1. The Labute approximate surface area is 185 Å². The van der Waals surface area contributed by atoms with E-state index in [1.54, 1.807) is 13.8 Å². The van der Waals surface area contributed by atoms with Gasteiger partial charge in [0.15, 0.2) is 0 Å². The zero-order valence-electron chi connectivity index (χ0n) is 17.9. The number of carboxylic acid groups (broad SMARTS) is 1. The third kappa shape index (κ3) is 6.31. The van der Waals surface area contributed by atoms with E-state index in [2.05, 4.69) is 21.3 Å². The number of sulfonamides is 1. The first kappa shape index (κ1) is 25.4. The van der Waals surface area contributed by atoms with E-state index in [1.165, 1.54) is 18.2 Å². The van der Waals surface area contributed by atoms with E-state index < -0.39 is 45.9 Å². The molecule has 11 heteroatoms. The fraction of sp³-hybridized carbons (Fsp3) is 0.381. The second-order valence-electron chi connectivity index (χ2n) is 7.65. The Hall–Kier alpha value is -2.89. The van der Waals surface area contributed by atoms with Crippen LogP contribution in [0.2, 0.25) is 0 Å². The maximum atomic E-state index is 13.5. The summed E-state index contributed by atoms with van der Waals surface area (Å²) in [5.41, 5.74) is 0.548. The minimum atomic E-state index is -3.76. The van der Waals surface area contributed by atoms with Crippen LogP contribution in [0.3, 0.4) is 0 Å². The number of rotatable bonds is 10. The Morgan fingerprint density at radius 3 is 2.28 bits per heavy atom. The molecule has 1 unspecified atom stereocenters. The standard InChI is InChI=1S/C21H26FN3O6S/c1-5-14(26)10-15(27)16(20(28)29)17-18(11(2)3)23-21(25-32(4,30)31)24-19(17)12-6-8-13(22)9-7-12/h5-9,11,14-16,26-27H,1,10H2,2-4H3,(H,28,29)(H,23,24,25)/t14-,15-,16?/m1/s1. The Balaban J connectivity index is 2.86. The van der Waals surface area contributed by atoms with E-state index in [0.717, 1.165) is 18.4 Å². The molecule has 32 heavy (non-hydrogen) atoms. The second-order valence-corrected chi connectivity index (χ2v) is 9.40. The predicted octanol–water partition coefficient (Wildman–Crippen LogP) is 2.24. The molecule has 1 aromatic carbocycles. The molecule has 0 amide bonds. The molecule has 0 spiro atoms. The predicted molar refractivity (Wildman–Crippen MR) is 117 cm³/mol. The van der Waals surface area contributed by atoms with Gasteiger partial charge in [0.2, 0.25) is 16.0 Å². The van der Waals surface area contributed by atoms with Gasteiger partial charge in [-0.05, 0) is 30.2 Å². The first-order chi connectivity index (χ1) is 14.8. The molecule has 2 rings (SSSR count). The van der Waals surface area contributed by atoms with Gasteiger partial charge >= 0.3 is 5.97 Å². The van der Waals surface area contributed by atoms with Gasteiger partial charge in [0.25, 0.3) is 0 Å². The van der Waals surface area contributed by atoms with Crippen LogP contribution >= 0.6 is 0 Å². The van der Waals surface area contributed by atoms with Gasteiger partial charge in [-0.25, -0.2) is 22.8 Å². The van der Waals surface area contributed by atoms with E-state index in [4.69, 9.17) is 0 Å². The van der Waals surface area contributed by atoms with Gasteiger partial charge in [-0.2, -0.15) is 0 Å². The number of nitrogens with zero attached hydrogens (tertiary/aromatic N) is 2. The molecule has 174 valence electrons. The Kier molecular flexibility index (Phi) is 8.05. The first-order valence-electron chi connectivity index (χ1n) is 9.71. The van der Waals surface area contributed by atoms with Crippen molar-refractivity contribution < 1.29 is 32.9 Å². The summed E-state index contributed by atoms with van der Waals surface area (Å²) in [7, 11) is -3.76. The lowest BCUT2D eigenvalue weighted by Gasteiger charge is -2.26. The lowest BCUT2D eigenvalue weighted by molar-refractivity contribution is -0.142. The average molecular weight is 468 g/mol. The van der Waals surface area contributed by atoms with Crippen LogP contribution in [0.15, 0.2) is 36.9 Å². The highest BCUT2D eigenvalue weighted by Crippen LogP contribution is 2.37. The first-order valence-corrected chi connectivity index (χ1v) is 11.6. The van der Waals surface area contributed by atoms with E-state index in [1.807, 2.05) is 0 Å². The summed E-state index contributed by atoms with van der Waals surface area (Å²) in [5.74, 6) is -4.18. The molecule has 0 aliphatic rings. The number of carboxylic acids is 1. The molecular formula is C21H26FN3O6S. The van der Waals surface area contributed by atoms with Crippen molar-refractivity contribution in [1.29, 1.82) is 0 Å². The third-order valence-corrected chi connectivity index (χ3v) is 5.19. The molecule has 1 aromatic heterocycles. The normalized spacial score (nSPS) is 14.6. The minimum Gasteiger partial charge on any atom is -0.481 e. The molecule has 2 aromatic rings. The van der Waals surface area contributed by atoms with Crippen molar-refractivity contribution in [2.45, 2.75) is 44.3 Å². The van der Waals surface area contributed by atoms with Gasteiger partial charge in [0.1, 0.15) is 11.7 Å². The molecule has 0 aliphatic heterocycles. The maximum Gasteiger partial charge on any atom is 0.313 e. The molecule has 0 bridgehead atoms. The lowest BCUT2D eigenvalue weighted by atomic mass is 9.84. The quantitative estimate of drug-likeness (QED) is 0.389. The molecule has 0 aliphatic carbocycles. The number of aromatic nitrogens is 2. The number of aliphatic hydroxyl groups is 2. The molecule has 1 heterocycles. The molecule has 0 saturated heterocycles. The number of hydrogen-bond donors (Lipinski definition) is 4. The number of nitrogens with one attached hydrogen (secondary N) is 1. The second kappa shape index (κ2) is 10.2. The van der Waals surface area contributed by atoms with Crippen molar-refractivity contribution in [3.8, 4) is 11.3 Å². The van der Waals surface area contributed by atoms with Crippen LogP contribution in [0.1, 0.15) is 43.4 Å². The largest absolute Gasteiger partial charge is 0.481 e. The van der Waals surface area contributed by atoms with Gasteiger partial charge in [-0.3, -0.25) is 9.52 Å². The zero-order valence-corrected chi connectivity index (χ0v) is 18.7. The molecular weight excluding hydrogens is 441 g/mol. The number of aliphatic carboxylic acids is 1. The van der Waals surface area contributed by atoms with Crippen LogP contribution in [0.5, 0.6) is 0 Å². The summed E-state index contributed by atoms with van der Waals surface area (Å²) in [5, 5.41) is 30.5. The number of carbonyl (C=O) groups is 1. The van der Waals surface area contributed by atoms with Crippen molar-refractivity contribution in [3.63, 3.8) is 0 Å². The maximum absolute atomic E-state index is 13.5. The highest BCUT2D eigenvalue weighted by atomic mass is 32.2. The third-order valence-electron chi connectivity index (χ3n) is 4.63. The number of hydrogen-bond acceptors (Lipinski definition) is 7. The fourth-order valence-electron chi connectivity index (χ4n) is 3.23. The highest BCUT2D eigenvalue weighted by Gasteiger charge is 2.36. The minimum absolute atomic E-state index is 0.0226. The van der Waals surface area contributed by atoms with Crippen molar-refractivity contribution >= 4 is 21.9 Å². The van der Waals surface area contributed by atoms with Crippen molar-refractivity contribution in [2.75, 3.05) is 11.0 Å². The van der Waals surface area contributed by atoms with Crippen LogP contribution < -0.4 is 4.72 Å². The summed E-state index contributed by atoms with van der Waals surface area (Å²) in [6.45, 7) is 6.85. The summed E-state index contributed by atoms with van der Waals surface area (Å²) in [6.07, 6.45) is -0.936. The summed E-state index contributed by atoms with van der Waals surface area (Å²) < 4.78 is 39.2. The van der Waals surface area contributed by atoms with E-state index >= 15 is 0 Å². The van der Waals surface area contributed by atoms with Crippen LogP contribution in [0.25, 0.3) is 11.3 Å². The highest BCUT2D eigenvalue weighted by molar-refractivity contribution is 7.91. The van der Waals surface area contributed by atoms with Gasteiger partial charge in [0, 0.05) is 17.5 Å². The molecule has 0 radical (unpaired) electrons. The van der Waals surface area contributed by atoms with Gasteiger partial charge < -0.3 is 15.3 Å². The van der Waals surface area contributed by atoms with Crippen LogP contribution in [0, 0.1) is 5.82 Å². The van der Waals surface area contributed by atoms with Crippen LogP contribution in [0.4, 0.5) is 10.3 Å². The molecule has 9 nitrogen and oxygen atoms in total. The van der Waals surface area contributed by atoms with Gasteiger partial charge in [0.05, 0.1) is 29.9 Å². The van der Waals surface area contributed by atoms with Crippen LogP contribution in [-0.2, 0) is 14.8 Å². The fourth-order valence-corrected chi connectivity index (χ4v) is 3.66. The summed E-state index contributed by atoms with van der Waals surface area (Å²) in [6, 6.07) is 5.01. The van der Waals surface area contributed by atoms with E-state index in [9.17, 15) is 32.9 Å². The summed E-state index contributed by atoms with van der Waals surface area (Å²) in [4.78, 5) is 20.7. The van der Waals surface area contributed by atoms with Crippen molar-refractivity contribution in [2.24, 2.45) is 0 Å². The molecule has 0 saturated carbocycles. The topological polar surface area (TPSA) is 150 Å². The SMILES string of the molecule is C=C[C@@H](O)C[C@@H](O)C(C(=O)O)c1c(-c2ccc(F)cc2)nc(NS(C)(=O)=O)nc1C(C)C. The summed E-state index contributed by atoms with van der Waals surface area (Å²) >= 11 is 0. The molecule has 0 fully saturated rings. The Morgan fingerprint density at radius 2 is 1.81 bits per heavy atom. The smallest absolute Gasteiger partial charge is 0.313 e. The van der Waals surface area contributed by atoms with Crippen molar-refractivity contribution in [3.05, 3.63) is 54.0 Å².